The van der Waals surface area contributed by atoms with Crippen LogP contribution in [0.2, 0.25) is 0 Å². The maximum absolute atomic E-state index is 12.6. The van der Waals surface area contributed by atoms with Gasteiger partial charge in [0.05, 0.1) is 16.5 Å². The van der Waals surface area contributed by atoms with Crippen LogP contribution >= 0.6 is 0 Å². The molecule has 2 aliphatic rings. The highest BCUT2D eigenvalue weighted by molar-refractivity contribution is 7.89. The van der Waals surface area contributed by atoms with Gasteiger partial charge in [-0.05, 0) is 36.6 Å². The molecule has 1 aliphatic heterocycles. The van der Waals surface area contributed by atoms with E-state index >= 15 is 0 Å². The molecule has 3 rings (SSSR count). The van der Waals surface area contributed by atoms with E-state index in [1.807, 2.05) is 6.07 Å². The van der Waals surface area contributed by atoms with Gasteiger partial charge in [0.1, 0.15) is 0 Å². The molecule has 1 aromatic carbocycles. The molecule has 2 atom stereocenters. The topological polar surface area (TPSA) is 81.5 Å². The molecule has 6 nitrogen and oxygen atoms in total. The molecule has 122 valence electrons. The van der Waals surface area contributed by atoms with E-state index in [4.69, 9.17) is 5.26 Å². The number of amides is 1. The molecular formula is C16H19N3O3S. The smallest absolute Gasteiger partial charge is 0.243 e. The molecule has 0 aromatic heterocycles. The van der Waals surface area contributed by atoms with Crippen molar-refractivity contribution in [1.82, 2.24) is 9.21 Å². The molecule has 0 radical (unpaired) electrons. The van der Waals surface area contributed by atoms with Crippen molar-refractivity contribution in [3.8, 4) is 6.07 Å². The van der Waals surface area contributed by atoms with Crippen molar-refractivity contribution in [3.63, 3.8) is 0 Å². The Balaban J connectivity index is 1.66. The third-order valence-corrected chi connectivity index (χ3v) is 6.51. The van der Waals surface area contributed by atoms with Crippen molar-refractivity contribution in [2.75, 3.05) is 26.2 Å². The number of carbonyl (C=O) groups is 1. The van der Waals surface area contributed by atoms with Crippen molar-refractivity contribution < 1.29 is 13.2 Å². The molecule has 1 amide bonds. The average Bonchev–Trinajstić information content (AvgIpc) is 3.31. The largest absolute Gasteiger partial charge is 0.340 e. The average molecular weight is 333 g/mol. The van der Waals surface area contributed by atoms with Gasteiger partial charge in [-0.25, -0.2) is 8.42 Å². The van der Waals surface area contributed by atoms with Gasteiger partial charge in [-0.2, -0.15) is 9.57 Å². The van der Waals surface area contributed by atoms with Crippen LogP contribution in [0.5, 0.6) is 0 Å². The molecule has 1 saturated carbocycles. The van der Waals surface area contributed by atoms with E-state index in [1.165, 1.54) is 28.6 Å². The lowest BCUT2D eigenvalue weighted by molar-refractivity contribution is -0.134. The van der Waals surface area contributed by atoms with Gasteiger partial charge in [0.2, 0.25) is 15.9 Å². The van der Waals surface area contributed by atoms with Crippen molar-refractivity contribution in [2.24, 2.45) is 11.8 Å². The Morgan fingerprint density at radius 2 is 1.74 bits per heavy atom. The van der Waals surface area contributed by atoms with E-state index in [0.29, 0.717) is 37.7 Å². The van der Waals surface area contributed by atoms with Gasteiger partial charge < -0.3 is 4.90 Å². The Kier molecular flexibility index (Phi) is 4.13. The summed E-state index contributed by atoms with van der Waals surface area (Å²) in [4.78, 5) is 14.2. The minimum absolute atomic E-state index is 0.136. The van der Waals surface area contributed by atoms with E-state index in [9.17, 15) is 13.2 Å². The summed E-state index contributed by atoms with van der Waals surface area (Å²) in [7, 11) is -3.57. The predicted octanol–water partition coefficient (Wildman–Crippen LogP) is 1.05. The van der Waals surface area contributed by atoms with Crippen LogP contribution in [0.1, 0.15) is 18.9 Å². The lowest BCUT2D eigenvalue weighted by Gasteiger charge is -2.34. The molecule has 2 fully saturated rings. The highest BCUT2D eigenvalue weighted by Crippen LogP contribution is 2.39. The monoisotopic (exact) mass is 333 g/mol. The van der Waals surface area contributed by atoms with Gasteiger partial charge in [-0.3, -0.25) is 4.79 Å². The van der Waals surface area contributed by atoms with Crippen LogP contribution in [0.25, 0.3) is 0 Å². The third-order valence-electron chi connectivity index (χ3n) is 4.60. The Morgan fingerprint density at radius 3 is 2.22 bits per heavy atom. The summed E-state index contributed by atoms with van der Waals surface area (Å²) in [5, 5.41) is 8.78. The first-order chi connectivity index (χ1) is 10.9. The van der Waals surface area contributed by atoms with Crippen molar-refractivity contribution in [3.05, 3.63) is 29.8 Å². The number of hydrogen-bond acceptors (Lipinski definition) is 4. The molecule has 0 N–H and O–H groups in total. The summed E-state index contributed by atoms with van der Waals surface area (Å²) in [6, 6.07) is 7.88. The second-order valence-corrected chi connectivity index (χ2v) is 8.12. The molecule has 23 heavy (non-hydrogen) atoms. The highest BCUT2D eigenvalue weighted by Gasteiger charge is 2.42. The Bertz CT molecular complexity index is 744. The van der Waals surface area contributed by atoms with E-state index in [1.54, 1.807) is 4.90 Å². The van der Waals surface area contributed by atoms with Crippen LogP contribution < -0.4 is 0 Å². The Labute approximate surface area is 136 Å². The molecule has 1 aromatic rings. The fraction of sp³-hybridized carbons (Fsp3) is 0.500. The number of nitriles is 1. The number of carbonyl (C=O) groups excluding carboxylic acids is 1. The summed E-state index contributed by atoms with van der Waals surface area (Å²) in [6.07, 6.45) is 0.947. The first-order valence-electron chi connectivity index (χ1n) is 7.72. The summed E-state index contributed by atoms with van der Waals surface area (Å²) < 4.78 is 26.6. The number of hydrogen-bond donors (Lipinski definition) is 0. The second kappa shape index (κ2) is 5.95. The molecule has 0 bridgehead atoms. The SMILES string of the molecule is CC1CC1C(=O)N1CCN(S(=O)(=O)c2ccc(C#N)cc2)CC1. The van der Waals surface area contributed by atoms with Crippen LogP contribution in [0.4, 0.5) is 0 Å². The Hall–Kier alpha value is -1.91. The number of benzene rings is 1. The maximum atomic E-state index is 12.6. The molecule has 7 heteroatoms. The van der Waals surface area contributed by atoms with E-state index in [2.05, 4.69) is 6.92 Å². The zero-order valence-corrected chi connectivity index (χ0v) is 13.8. The molecule has 1 saturated heterocycles. The minimum atomic E-state index is -3.57. The molecule has 2 unspecified atom stereocenters. The zero-order chi connectivity index (χ0) is 16.6. The number of sulfonamides is 1. The van der Waals surface area contributed by atoms with Crippen LogP contribution in [-0.2, 0) is 14.8 Å². The first-order valence-corrected chi connectivity index (χ1v) is 9.16. The second-order valence-electron chi connectivity index (χ2n) is 6.19. The van der Waals surface area contributed by atoms with Crippen LogP contribution in [-0.4, -0.2) is 49.7 Å². The van der Waals surface area contributed by atoms with E-state index < -0.39 is 10.0 Å². The third kappa shape index (κ3) is 3.09. The molecule has 0 spiro atoms. The normalized spacial score (nSPS) is 25.0. The summed E-state index contributed by atoms with van der Waals surface area (Å²) >= 11 is 0. The number of piperazine rings is 1. The van der Waals surface area contributed by atoms with Crippen LogP contribution in [0.3, 0.4) is 0 Å². The highest BCUT2D eigenvalue weighted by atomic mass is 32.2. The number of nitrogens with zero attached hydrogens (tertiary/aromatic N) is 3. The van der Waals surface area contributed by atoms with E-state index in [-0.39, 0.29) is 16.7 Å². The quantitative estimate of drug-likeness (QED) is 0.828. The van der Waals surface area contributed by atoms with Gasteiger partial charge in [0.15, 0.2) is 0 Å². The van der Waals surface area contributed by atoms with Gasteiger partial charge in [-0.15, -0.1) is 0 Å². The molecule has 1 aliphatic carbocycles. The lowest BCUT2D eigenvalue weighted by atomic mass is 10.2. The fourth-order valence-corrected chi connectivity index (χ4v) is 4.32. The minimum Gasteiger partial charge on any atom is -0.340 e. The Morgan fingerprint density at radius 1 is 1.17 bits per heavy atom. The van der Waals surface area contributed by atoms with Gasteiger partial charge in [0.25, 0.3) is 0 Å². The summed E-state index contributed by atoms with van der Waals surface area (Å²) in [5.41, 5.74) is 0.429. The van der Waals surface area contributed by atoms with E-state index in [0.717, 1.165) is 6.42 Å². The van der Waals surface area contributed by atoms with Crippen molar-refractivity contribution in [2.45, 2.75) is 18.2 Å². The van der Waals surface area contributed by atoms with Gasteiger partial charge in [0, 0.05) is 32.1 Å². The van der Waals surface area contributed by atoms with Gasteiger partial charge >= 0.3 is 0 Å². The summed E-state index contributed by atoms with van der Waals surface area (Å²) in [6.45, 7) is 3.58. The standard InChI is InChI=1S/C16H19N3O3S/c1-12-10-15(12)16(20)18-6-8-19(9-7-18)23(21,22)14-4-2-13(11-17)3-5-14/h2-5,12,15H,6-10H2,1H3. The van der Waals surface area contributed by atoms with Crippen LogP contribution in [0.15, 0.2) is 29.2 Å². The first kappa shape index (κ1) is 16.0. The predicted molar refractivity (Wildman–Crippen MR) is 83.8 cm³/mol. The van der Waals surface area contributed by atoms with Crippen LogP contribution in [0, 0.1) is 23.2 Å². The number of rotatable bonds is 3. The van der Waals surface area contributed by atoms with Gasteiger partial charge in [-0.1, -0.05) is 6.92 Å². The summed E-state index contributed by atoms with van der Waals surface area (Å²) in [5.74, 6) is 0.757. The van der Waals surface area contributed by atoms with Crippen molar-refractivity contribution in [1.29, 1.82) is 5.26 Å². The zero-order valence-electron chi connectivity index (χ0n) is 13.0. The van der Waals surface area contributed by atoms with Crippen molar-refractivity contribution >= 4 is 15.9 Å². The maximum Gasteiger partial charge on any atom is 0.243 e. The lowest BCUT2D eigenvalue weighted by Crippen LogP contribution is -2.51. The molecule has 1 heterocycles. The fourth-order valence-electron chi connectivity index (χ4n) is 2.90. The molecular weight excluding hydrogens is 314 g/mol.